The topological polar surface area (TPSA) is 29.1 Å². The molecule has 1 N–H and O–H groups in total. The molecule has 3 heteroatoms. The third-order valence-corrected chi connectivity index (χ3v) is 7.83. The van der Waals surface area contributed by atoms with Crippen molar-refractivity contribution in [2.45, 2.75) is 44.9 Å². The van der Waals surface area contributed by atoms with Gasteiger partial charge in [0.2, 0.25) is 0 Å². The van der Waals surface area contributed by atoms with Crippen LogP contribution in [0.25, 0.3) is 0 Å². The fourth-order valence-corrected chi connectivity index (χ4v) is 7.01. The molecule has 5 unspecified atom stereocenters. The molecule has 5 aliphatic rings. The van der Waals surface area contributed by atoms with Crippen molar-refractivity contribution in [3.8, 4) is 0 Å². The number of carbonyl (C=O) groups excluding carboxylic acids is 1. The maximum absolute atomic E-state index is 12.1. The van der Waals surface area contributed by atoms with E-state index >= 15 is 0 Å². The highest BCUT2D eigenvalue weighted by molar-refractivity contribution is 8.01. The normalized spacial score (nSPS) is 44.1. The first kappa shape index (κ1) is 12.7. The van der Waals surface area contributed by atoms with E-state index < -0.39 is 0 Å². The van der Waals surface area contributed by atoms with Crippen molar-refractivity contribution >= 4 is 22.6 Å². The third kappa shape index (κ3) is 1.73. The molecule has 0 aromatic carbocycles. The quantitative estimate of drug-likeness (QED) is 0.530. The molecule has 1 heterocycles. The fraction of sp³-hybridized carbons (Fsp3) is 0.667. The lowest BCUT2D eigenvalue weighted by Gasteiger charge is -2.48. The summed E-state index contributed by atoms with van der Waals surface area (Å²) in [7, 11) is 0. The minimum absolute atomic E-state index is 0.430. The highest BCUT2D eigenvalue weighted by Gasteiger charge is 2.49. The zero-order valence-electron chi connectivity index (χ0n) is 12.3. The maximum atomic E-state index is 12.1. The predicted molar refractivity (Wildman–Crippen MR) is 88.1 cm³/mol. The Bertz CT molecular complexity index is 602. The van der Waals surface area contributed by atoms with E-state index in [-0.39, 0.29) is 0 Å². The molecule has 2 saturated carbocycles. The van der Waals surface area contributed by atoms with Gasteiger partial charge in [0.25, 0.3) is 0 Å². The van der Waals surface area contributed by atoms with Gasteiger partial charge in [-0.05, 0) is 67.8 Å². The zero-order valence-corrected chi connectivity index (χ0v) is 13.2. The highest BCUT2D eigenvalue weighted by atomic mass is 32.1. The number of carbonyl (C=O) groups is 1. The SMILES string of the molecule is O=C1CCC2C1CCC1C3CCC4=C([SH]=CN4)C3=CCC21. The lowest BCUT2D eigenvalue weighted by molar-refractivity contribution is -0.123. The van der Waals surface area contributed by atoms with Crippen molar-refractivity contribution in [3.05, 3.63) is 22.3 Å². The van der Waals surface area contributed by atoms with Crippen LogP contribution < -0.4 is 5.32 Å². The van der Waals surface area contributed by atoms with Crippen LogP contribution in [-0.2, 0) is 4.79 Å². The van der Waals surface area contributed by atoms with E-state index in [1.807, 2.05) is 0 Å². The first-order valence-corrected chi connectivity index (χ1v) is 9.54. The van der Waals surface area contributed by atoms with Crippen LogP contribution in [0.4, 0.5) is 0 Å². The molecule has 0 aromatic rings. The van der Waals surface area contributed by atoms with Crippen LogP contribution in [0.1, 0.15) is 44.9 Å². The van der Waals surface area contributed by atoms with Crippen molar-refractivity contribution in [3.63, 3.8) is 0 Å². The van der Waals surface area contributed by atoms with Crippen molar-refractivity contribution in [2.75, 3.05) is 0 Å². The average Bonchev–Trinajstić information content (AvgIpc) is 3.13. The Morgan fingerprint density at radius 1 is 1.00 bits per heavy atom. The average molecular weight is 301 g/mol. The Balaban J connectivity index is 1.50. The second kappa shape index (κ2) is 4.58. The molecule has 0 aromatic heterocycles. The van der Waals surface area contributed by atoms with Crippen LogP contribution in [0, 0.1) is 29.6 Å². The standard InChI is InChI=1S/C18H23NOS/c20-17-8-6-12-10-2-4-15-13(11(10)1-3-14(12)17)5-7-16-18(15)21-9-19-16/h4,9-14,19,21H,1-3,5-8H2. The summed E-state index contributed by atoms with van der Waals surface area (Å²) in [6.45, 7) is 0. The third-order valence-electron chi connectivity index (χ3n) is 6.79. The van der Waals surface area contributed by atoms with Gasteiger partial charge in [0.1, 0.15) is 5.78 Å². The van der Waals surface area contributed by atoms with Gasteiger partial charge in [0.05, 0.1) is 0 Å². The number of thiol groups is 1. The first-order valence-electron chi connectivity index (χ1n) is 8.58. The summed E-state index contributed by atoms with van der Waals surface area (Å²) in [6, 6.07) is 0. The summed E-state index contributed by atoms with van der Waals surface area (Å²) in [6.07, 6.45) is 10.9. The lowest BCUT2D eigenvalue weighted by Crippen LogP contribution is -2.41. The fourth-order valence-electron chi connectivity index (χ4n) is 5.92. The van der Waals surface area contributed by atoms with Gasteiger partial charge in [-0.1, -0.05) is 6.08 Å². The first-order chi connectivity index (χ1) is 10.3. The van der Waals surface area contributed by atoms with Crippen LogP contribution in [0.3, 0.4) is 0 Å². The van der Waals surface area contributed by atoms with E-state index in [1.165, 1.54) is 55.6 Å². The summed E-state index contributed by atoms with van der Waals surface area (Å²) in [5.74, 6) is 4.19. The van der Waals surface area contributed by atoms with Gasteiger partial charge in [0, 0.05) is 28.4 Å². The Kier molecular flexibility index (Phi) is 2.77. The number of fused-ring (bicyclic) bond motifs is 6. The van der Waals surface area contributed by atoms with Gasteiger partial charge in [-0.3, -0.25) is 4.79 Å². The number of hydrogen-bond donors (Lipinski definition) is 2. The Morgan fingerprint density at radius 3 is 2.86 bits per heavy atom. The van der Waals surface area contributed by atoms with Crippen molar-refractivity contribution in [1.29, 1.82) is 0 Å². The van der Waals surface area contributed by atoms with Gasteiger partial charge in [0.15, 0.2) is 0 Å². The molecule has 5 rings (SSSR count). The number of hydrogen-bond acceptors (Lipinski definition) is 2. The van der Waals surface area contributed by atoms with Gasteiger partial charge in [-0.25, -0.2) is 0 Å². The van der Waals surface area contributed by atoms with E-state index in [0.717, 1.165) is 30.1 Å². The van der Waals surface area contributed by atoms with Crippen LogP contribution in [0.5, 0.6) is 0 Å². The van der Waals surface area contributed by atoms with E-state index in [9.17, 15) is 4.79 Å². The van der Waals surface area contributed by atoms with Gasteiger partial charge in [-0.2, -0.15) is 11.4 Å². The number of Topliss-reactive ketones (excluding diaryl/α,β-unsaturated/α-hetero) is 1. The molecule has 2 fully saturated rings. The summed E-state index contributed by atoms with van der Waals surface area (Å²) in [4.78, 5) is 13.7. The monoisotopic (exact) mass is 301 g/mol. The number of rotatable bonds is 0. The highest BCUT2D eigenvalue weighted by Crippen LogP contribution is 2.56. The molecule has 21 heavy (non-hydrogen) atoms. The summed E-state index contributed by atoms with van der Waals surface area (Å²) >= 11 is 1.38. The molecule has 112 valence electrons. The minimum atomic E-state index is 0.430. The zero-order chi connectivity index (χ0) is 14.0. The Morgan fingerprint density at radius 2 is 1.90 bits per heavy atom. The van der Waals surface area contributed by atoms with Crippen molar-refractivity contribution in [2.24, 2.45) is 29.6 Å². The second-order valence-electron chi connectivity index (χ2n) is 7.45. The molecule has 4 aliphatic carbocycles. The molecular formula is C18H23NOS. The van der Waals surface area contributed by atoms with Crippen molar-refractivity contribution in [1.82, 2.24) is 5.32 Å². The molecule has 1 aliphatic heterocycles. The van der Waals surface area contributed by atoms with Gasteiger partial charge in [-0.15, -0.1) is 0 Å². The second-order valence-corrected chi connectivity index (χ2v) is 8.41. The van der Waals surface area contributed by atoms with Gasteiger partial charge >= 0.3 is 0 Å². The maximum Gasteiger partial charge on any atom is 0.136 e. The summed E-state index contributed by atoms with van der Waals surface area (Å²) < 4.78 is 0. The molecule has 0 amide bonds. The largest absolute Gasteiger partial charge is 0.359 e. The molecule has 0 saturated heterocycles. The van der Waals surface area contributed by atoms with Gasteiger partial charge < -0.3 is 5.32 Å². The Hall–Kier alpha value is -0.830. The van der Waals surface area contributed by atoms with Crippen LogP contribution in [0.15, 0.2) is 22.3 Å². The molecule has 0 bridgehead atoms. The van der Waals surface area contributed by atoms with E-state index in [1.54, 1.807) is 10.5 Å². The van der Waals surface area contributed by atoms with Crippen LogP contribution >= 0.6 is 11.4 Å². The van der Waals surface area contributed by atoms with Crippen molar-refractivity contribution < 1.29 is 4.79 Å². The summed E-state index contributed by atoms with van der Waals surface area (Å²) in [5, 5.41) is 3.46. The Labute approximate surface area is 130 Å². The van der Waals surface area contributed by atoms with Crippen LogP contribution in [-0.4, -0.2) is 11.3 Å². The number of allylic oxidation sites excluding steroid dienone is 3. The molecule has 2 nitrogen and oxygen atoms in total. The van der Waals surface area contributed by atoms with E-state index in [0.29, 0.717) is 11.7 Å². The molecule has 0 spiro atoms. The van der Waals surface area contributed by atoms with E-state index in [4.69, 9.17) is 0 Å². The smallest absolute Gasteiger partial charge is 0.136 e. The number of nitrogens with one attached hydrogen (secondary N) is 1. The minimum Gasteiger partial charge on any atom is -0.359 e. The molecule has 5 atom stereocenters. The summed E-state index contributed by atoms with van der Waals surface area (Å²) in [5.41, 5.74) is 5.36. The predicted octanol–water partition coefficient (Wildman–Crippen LogP) is 3.39. The lowest BCUT2D eigenvalue weighted by atomic mass is 9.57. The van der Waals surface area contributed by atoms with Crippen LogP contribution in [0.2, 0.25) is 0 Å². The van der Waals surface area contributed by atoms with E-state index in [2.05, 4.69) is 16.9 Å². The molecular weight excluding hydrogens is 278 g/mol. The molecule has 0 radical (unpaired) electrons. The number of ketones is 1.